The van der Waals surface area contributed by atoms with Gasteiger partial charge in [-0.15, -0.1) is 11.8 Å². The summed E-state index contributed by atoms with van der Waals surface area (Å²) in [6.07, 6.45) is 0.826. The molecule has 8 heteroatoms. The van der Waals surface area contributed by atoms with Crippen molar-refractivity contribution >= 4 is 46.7 Å². The molecule has 0 aliphatic carbocycles. The number of fused-ring (bicyclic) bond motifs is 1. The van der Waals surface area contributed by atoms with E-state index >= 15 is 0 Å². The van der Waals surface area contributed by atoms with Crippen molar-refractivity contribution in [3.63, 3.8) is 0 Å². The Morgan fingerprint density at radius 1 is 1.38 bits per heavy atom. The first-order valence-corrected chi connectivity index (χ1v) is 9.43. The fourth-order valence-corrected chi connectivity index (χ4v) is 4.46. The Kier molecular flexibility index (Phi) is 4.99. The van der Waals surface area contributed by atoms with Crippen LogP contribution in [0.2, 0.25) is 10.0 Å². The summed E-state index contributed by atoms with van der Waals surface area (Å²) in [4.78, 5) is 24.7. The lowest BCUT2D eigenvalue weighted by Gasteiger charge is -2.17. The van der Waals surface area contributed by atoms with Crippen molar-refractivity contribution in [2.24, 2.45) is 0 Å². The van der Waals surface area contributed by atoms with Crippen LogP contribution in [0.5, 0.6) is 0 Å². The molecule has 24 heavy (non-hydrogen) atoms. The minimum atomic E-state index is -0.335. The molecule has 5 nitrogen and oxygen atoms in total. The summed E-state index contributed by atoms with van der Waals surface area (Å²) < 4.78 is 1.73. The van der Waals surface area contributed by atoms with E-state index in [1.165, 1.54) is 11.8 Å². The number of rotatable bonds is 3. The molecule has 2 unspecified atom stereocenters. The maximum atomic E-state index is 12.6. The zero-order valence-corrected chi connectivity index (χ0v) is 15.6. The number of H-pyrrole nitrogens is 1. The summed E-state index contributed by atoms with van der Waals surface area (Å²) in [6, 6.07) is 5.26. The number of anilines is 1. The van der Waals surface area contributed by atoms with Gasteiger partial charge in [0.15, 0.2) is 0 Å². The smallest absolute Gasteiger partial charge is 0.270 e. The first kappa shape index (κ1) is 17.5. The van der Waals surface area contributed by atoms with Gasteiger partial charge in [0.25, 0.3) is 5.56 Å². The Morgan fingerprint density at radius 3 is 2.79 bits per heavy atom. The van der Waals surface area contributed by atoms with Crippen LogP contribution in [0.3, 0.4) is 0 Å². The van der Waals surface area contributed by atoms with Gasteiger partial charge in [-0.25, -0.2) is 0 Å². The number of thioether (sulfide) groups is 1. The molecule has 0 saturated carbocycles. The van der Waals surface area contributed by atoms with Gasteiger partial charge in [0.1, 0.15) is 5.82 Å². The highest BCUT2D eigenvalue weighted by molar-refractivity contribution is 8.00. The van der Waals surface area contributed by atoms with E-state index in [4.69, 9.17) is 23.2 Å². The second-order valence-electron chi connectivity index (χ2n) is 5.74. The van der Waals surface area contributed by atoms with E-state index in [0.717, 1.165) is 12.0 Å². The van der Waals surface area contributed by atoms with Crippen molar-refractivity contribution in [1.29, 1.82) is 0 Å². The van der Waals surface area contributed by atoms with Crippen LogP contribution in [0.4, 0.5) is 5.82 Å². The van der Waals surface area contributed by atoms with Crippen LogP contribution >= 0.6 is 35.0 Å². The fraction of sp³-hybridized carbons (Fsp3) is 0.375. The highest BCUT2D eigenvalue weighted by Crippen LogP contribution is 2.43. The first-order valence-electron chi connectivity index (χ1n) is 7.63. The summed E-state index contributed by atoms with van der Waals surface area (Å²) in [6.45, 7) is 4.01. The molecule has 2 atom stereocenters. The highest BCUT2D eigenvalue weighted by Gasteiger charge is 2.32. The van der Waals surface area contributed by atoms with E-state index in [2.05, 4.69) is 10.4 Å². The van der Waals surface area contributed by atoms with Crippen molar-refractivity contribution in [2.75, 3.05) is 11.1 Å². The molecule has 1 amide bonds. The van der Waals surface area contributed by atoms with Crippen LogP contribution < -0.4 is 10.9 Å². The van der Waals surface area contributed by atoms with Crippen molar-refractivity contribution in [3.05, 3.63) is 49.7 Å². The van der Waals surface area contributed by atoms with Gasteiger partial charge in [-0.1, -0.05) is 36.2 Å². The van der Waals surface area contributed by atoms with E-state index in [-0.39, 0.29) is 28.5 Å². The van der Waals surface area contributed by atoms with Crippen LogP contribution in [0.15, 0.2) is 23.0 Å². The molecular formula is C16H17Cl2N3O2S. The van der Waals surface area contributed by atoms with Gasteiger partial charge in [0, 0.05) is 16.1 Å². The molecule has 2 N–H and O–H groups in total. The number of hydrogen-bond donors (Lipinski definition) is 2. The zero-order chi connectivity index (χ0) is 17.4. The van der Waals surface area contributed by atoms with Crippen LogP contribution in [0, 0.1) is 0 Å². The van der Waals surface area contributed by atoms with Gasteiger partial charge in [0.2, 0.25) is 5.91 Å². The molecule has 0 bridgehead atoms. The Hall–Kier alpha value is -1.37. The summed E-state index contributed by atoms with van der Waals surface area (Å²) >= 11 is 13.7. The number of carbonyl (C=O) groups excluding carboxylic acids is 1. The minimum Gasteiger partial charge on any atom is -0.310 e. The van der Waals surface area contributed by atoms with Crippen molar-refractivity contribution < 1.29 is 4.79 Å². The van der Waals surface area contributed by atoms with Gasteiger partial charge in [-0.3, -0.25) is 19.4 Å². The number of aromatic nitrogens is 2. The number of nitrogens with one attached hydrogen (secondary N) is 2. The lowest BCUT2D eigenvalue weighted by atomic mass is 10.1. The minimum absolute atomic E-state index is 0.0613. The lowest BCUT2D eigenvalue weighted by molar-refractivity contribution is -0.113. The van der Waals surface area contributed by atoms with E-state index < -0.39 is 0 Å². The standard InChI is InChI=1S/C16H17Cl2N3O2S/c1-3-8(2)21-15-13(16(23)20-21)14(24-7-12(22)19-15)10-5-4-9(17)6-11(10)18/h4-6,8,14H,3,7H2,1-2H3,(H,19,22)(H,20,23). The predicted molar refractivity (Wildman–Crippen MR) is 99.4 cm³/mol. The quantitative estimate of drug-likeness (QED) is 0.830. The Bertz CT molecular complexity index is 846. The summed E-state index contributed by atoms with van der Waals surface area (Å²) in [7, 11) is 0. The number of benzene rings is 1. The van der Waals surface area contributed by atoms with Crippen molar-refractivity contribution in [1.82, 2.24) is 9.78 Å². The topological polar surface area (TPSA) is 66.9 Å². The van der Waals surface area contributed by atoms with E-state index in [9.17, 15) is 9.59 Å². The lowest BCUT2D eigenvalue weighted by Crippen LogP contribution is -2.18. The molecular weight excluding hydrogens is 369 g/mol. The van der Waals surface area contributed by atoms with Crippen molar-refractivity contribution in [3.8, 4) is 0 Å². The summed E-state index contributed by atoms with van der Waals surface area (Å²) in [5.74, 6) is 0.642. The Labute approximate surface area is 153 Å². The maximum absolute atomic E-state index is 12.6. The summed E-state index contributed by atoms with van der Waals surface area (Å²) in [5, 5.41) is 6.39. The Balaban J connectivity index is 2.19. The molecule has 0 saturated heterocycles. The maximum Gasteiger partial charge on any atom is 0.270 e. The normalized spacial score (nSPS) is 18.7. The van der Waals surface area contributed by atoms with Gasteiger partial charge in [0.05, 0.1) is 16.6 Å². The second-order valence-corrected chi connectivity index (χ2v) is 7.67. The number of nitrogens with zero attached hydrogens (tertiary/aromatic N) is 1. The Morgan fingerprint density at radius 2 is 2.12 bits per heavy atom. The zero-order valence-electron chi connectivity index (χ0n) is 13.2. The van der Waals surface area contributed by atoms with E-state index in [0.29, 0.717) is 21.4 Å². The number of hydrogen-bond acceptors (Lipinski definition) is 3. The molecule has 0 radical (unpaired) electrons. The van der Waals surface area contributed by atoms with Crippen molar-refractivity contribution in [2.45, 2.75) is 31.6 Å². The summed E-state index contributed by atoms with van der Waals surface area (Å²) in [5.41, 5.74) is 1.09. The molecule has 0 fully saturated rings. The SMILES string of the molecule is CCC(C)n1[nH]c(=O)c2c1NC(=O)CSC2c1ccc(Cl)cc1Cl. The van der Waals surface area contributed by atoms with Crippen LogP contribution in [0.1, 0.15) is 42.7 Å². The monoisotopic (exact) mass is 385 g/mol. The second kappa shape index (κ2) is 6.86. The third-order valence-electron chi connectivity index (χ3n) is 4.14. The van der Waals surface area contributed by atoms with Gasteiger partial charge < -0.3 is 5.32 Å². The van der Waals surface area contributed by atoms with E-state index in [1.54, 1.807) is 16.8 Å². The molecule has 1 aliphatic heterocycles. The molecule has 1 aromatic carbocycles. The average Bonchev–Trinajstić information content (AvgIpc) is 2.74. The van der Waals surface area contributed by atoms with Crippen LogP contribution in [-0.2, 0) is 4.79 Å². The van der Waals surface area contributed by atoms with E-state index in [1.807, 2.05) is 19.9 Å². The fourth-order valence-electron chi connectivity index (χ4n) is 2.72. The van der Waals surface area contributed by atoms with Gasteiger partial charge in [-0.05, 0) is 31.0 Å². The number of carbonyl (C=O) groups is 1. The molecule has 2 aromatic rings. The average molecular weight is 386 g/mol. The van der Waals surface area contributed by atoms with Crippen LogP contribution in [0.25, 0.3) is 0 Å². The molecule has 2 heterocycles. The number of halogens is 2. The number of amides is 1. The molecule has 1 aliphatic rings. The third-order valence-corrected chi connectivity index (χ3v) is 5.95. The van der Waals surface area contributed by atoms with Gasteiger partial charge >= 0.3 is 0 Å². The molecule has 0 spiro atoms. The van der Waals surface area contributed by atoms with Gasteiger partial charge in [-0.2, -0.15) is 0 Å². The largest absolute Gasteiger partial charge is 0.310 e. The molecule has 3 rings (SSSR count). The molecule has 1 aromatic heterocycles. The van der Waals surface area contributed by atoms with Crippen LogP contribution in [-0.4, -0.2) is 21.4 Å². The predicted octanol–water partition coefficient (Wildman–Crippen LogP) is 4.23. The molecule has 128 valence electrons. The third kappa shape index (κ3) is 3.10. The highest BCUT2D eigenvalue weighted by atomic mass is 35.5. The first-order chi connectivity index (χ1) is 11.4. The number of aromatic amines is 1.